The van der Waals surface area contributed by atoms with Gasteiger partial charge in [-0.05, 0) is 13.0 Å². The zero-order valence-corrected chi connectivity index (χ0v) is 8.35. The number of aromatic nitrogens is 2. The first kappa shape index (κ1) is 9.22. The second-order valence-corrected chi connectivity index (χ2v) is 3.66. The minimum Gasteiger partial charge on any atom is -0.301 e. The van der Waals surface area contributed by atoms with Crippen molar-refractivity contribution < 1.29 is 0 Å². The minimum atomic E-state index is 0.456. The van der Waals surface area contributed by atoms with Crippen molar-refractivity contribution in [3.05, 3.63) is 18.0 Å². The quantitative estimate of drug-likeness (QED) is 0.699. The van der Waals surface area contributed by atoms with E-state index in [-0.39, 0.29) is 0 Å². The molecule has 0 radical (unpaired) electrons. The molecule has 1 aliphatic heterocycles. The molecule has 4 heteroatoms. The Morgan fingerprint density at radius 1 is 1.71 bits per heavy atom. The molecule has 2 heterocycles. The van der Waals surface area contributed by atoms with Gasteiger partial charge in [-0.1, -0.05) is 6.92 Å². The average molecular weight is 190 g/mol. The fraction of sp³-hybridized carbons (Fsp3) is 0.600. The average Bonchev–Trinajstić information content (AvgIpc) is 2.86. The topological polar surface area (TPSA) is 44.9 Å². The Hall–Kier alpha value is -1.34. The first-order chi connectivity index (χ1) is 6.83. The molecule has 0 spiro atoms. The fourth-order valence-corrected chi connectivity index (χ4v) is 1.91. The summed E-state index contributed by atoms with van der Waals surface area (Å²) in [6, 6.07) is 2.55. The molecule has 1 saturated heterocycles. The highest BCUT2D eigenvalue weighted by molar-refractivity contribution is 5.21. The van der Waals surface area contributed by atoms with Crippen LogP contribution < -0.4 is 0 Å². The van der Waals surface area contributed by atoms with Crippen molar-refractivity contribution in [1.82, 2.24) is 14.7 Å². The van der Waals surface area contributed by atoms with Gasteiger partial charge in [0, 0.05) is 19.3 Å². The number of likely N-dealkylation sites (N-methyl/N-ethyl adjacent to an activating group) is 1. The Morgan fingerprint density at radius 2 is 2.57 bits per heavy atom. The number of nitriles is 1. The van der Waals surface area contributed by atoms with E-state index in [9.17, 15) is 0 Å². The second kappa shape index (κ2) is 3.81. The van der Waals surface area contributed by atoms with E-state index in [0.29, 0.717) is 11.6 Å². The van der Waals surface area contributed by atoms with Crippen LogP contribution in [0.1, 0.15) is 24.9 Å². The van der Waals surface area contributed by atoms with E-state index in [1.165, 1.54) is 0 Å². The maximum Gasteiger partial charge on any atom is 0.102 e. The van der Waals surface area contributed by atoms with Gasteiger partial charge in [-0.2, -0.15) is 10.4 Å². The molecular weight excluding hydrogens is 176 g/mol. The highest BCUT2D eigenvalue weighted by atomic mass is 15.3. The van der Waals surface area contributed by atoms with Gasteiger partial charge in [-0.25, -0.2) is 0 Å². The van der Waals surface area contributed by atoms with Gasteiger partial charge in [-0.3, -0.25) is 4.68 Å². The third kappa shape index (κ3) is 1.64. The molecule has 4 nitrogen and oxygen atoms in total. The van der Waals surface area contributed by atoms with Crippen LogP contribution in [-0.2, 0) is 0 Å². The lowest BCUT2D eigenvalue weighted by Crippen LogP contribution is -2.21. The van der Waals surface area contributed by atoms with Crippen LogP contribution in [0.4, 0.5) is 0 Å². The summed E-state index contributed by atoms with van der Waals surface area (Å²) in [4.78, 5) is 2.40. The SMILES string of the molecule is CCN1CCC(n2cc(C#N)cn2)C1. The number of likely N-dealkylation sites (tertiary alicyclic amines) is 1. The van der Waals surface area contributed by atoms with Crippen molar-refractivity contribution in [2.75, 3.05) is 19.6 Å². The van der Waals surface area contributed by atoms with Crippen LogP contribution >= 0.6 is 0 Å². The molecule has 1 atom stereocenters. The third-order valence-electron chi connectivity index (χ3n) is 2.80. The van der Waals surface area contributed by atoms with E-state index < -0.39 is 0 Å². The molecule has 1 aliphatic rings. The summed E-state index contributed by atoms with van der Waals surface area (Å²) in [7, 11) is 0. The Kier molecular flexibility index (Phi) is 2.51. The molecule has 0 aromatic carbocycles. The summed E-state index contributed by atoms with van der Waals surface area (Å²) >= 11 is 0. The fourth-order valence-electron chi connectivity index (χ4n) is 1.91. The lowest BCUT2D eigenvalue weighted by atomic mass is 10.3. The molecular formula is C10H14N4. The van der Waals surface area contributed by atoms with Crippen molar-refractivity contribution in [2.24, 2.45) is 0 Å². The Labute approximate surface area is 83.7 Å². The molecule has 74 valence electrons. The van der Waals surface area contributed by atoms with Crippen LogP contribution in [0.15, 0.2) is 12.4 Å². The summed E-state index contributed by atoms with van der Waals surface area (Å²) in [6.07, 6.45) is 4.61. The predicted octanol–water partition coefficient (Wildman–Crippen LogP) is 1.02. The molecule has 0 bridgehead atoms. The van der Waals surface area contributed by atoms with Gasteiger partial charge < -0.3 is 4.90 Å². The summed E-state index contributed by atoms with van der Waals surface area (Å²) in [5.74, 6) is 0. The Bertz CT molecular complexity index is 349. The zero-order valence-electron chi connectivity index (χ0n) is 8.35. The standard InChI is InChI=1S/C10H14N4/c1-2-13-4-3-10(8-13)14-7-9(5-11)6-12-14/h6-7,10H,2-4,8H2,1H3. The van der Waals surface area contributed by atoms with Gasteiger partial charge in [0.25, 0.3) is 0 Å². The minimum absolute atomic E-state index is 0.456. The summed E-state index contributed by atoms with van der Waals surface area (Å²) < 4.78 is 1.92. The highest BCUT2D eigenvalue weighted by Crippen LogP contribution is 2.20. The zero-order chi connectivity index (χ0) is 9.97. The van der Waals surface area contributed by atoms with Gasteiger partial charge >= 0.3 is 0 Å². The molecule has 1 unspecified atom stereocenters. The predicted molar refractivity (Wildman–Crippen MR) is 52.7 cm³/mol. The summed E-state index contributed by atoms with van der Waals surface area (Å²) in [5, 5.41) is 12.9. The molecule has 0 amide bonds. The van der Waals surface area contributed by atoms with E-state index in [2.05, 4.69) is 23.0 Å². The number of hydrogen-bond donors (Lipinski definition) is 0. The van der Waals surface area contributed by atoms with Crippen LogP contribution in [0.5, 0.6) is 0 Å². The molecule has 14 heavy (non-hydrogen) atoms. The highest BCUT2D eigenvalue weighted by Gasteiger charge is 2.22. The number of hydrogen-bond acceptors (Lipinski definition) is 3. The van der Waals surface area contributed by atoms with Crippen molar-refractivity contribution >= 4 is 0 Å². The van der Waals surface area contributed by atoms with Gasteiger partial charge in [0.15, 0.2) is 0 Å². The van der Waals surface area contributed by atoms with Crippen LogP contribution in [0, 0.1) is 11.3 Å². The Balaban J connectivity index is 2.06. The lowest BCUT2D eigenvalue weighted by molar-refractivity contribution is 0.335. The van der Waals surface area contributed by atoms with Crippen molar-refractivity contribution in [3.63, 3.8) is 0 Å². The third-order valence-corrected chi connectivity index (χ3v) is 2.80. The van der Waals surface area contributed by atoms with E-state index in [1.807, 2.05) is 10.9 Å². The van der Waals surface area contributed by atoms with E-state index in [0.717, 1.165) is 26.1 Å². The largest absolute Gasteiger partial charge is 0.301 e. The molecule has 1 aromatic rings. The number of rotatable bonds is 2. The van der Waals surface area contributed by atoms with E-state index >= 15 is 0 Å². The van der Waals surface area contributed by atoms with E-state index in [4.69, 9.17) is 5.26 Å². The van der Waals surface area contributed by atoms with Crippen LogP contribution in [0.2, 0.25) is 0 Å². The summed E-state index contributed by atoms with van der Waals surface area (Å²) in [6.45, 7) is 5.47. The first-order valence-corrected chi connectivity index (χ1v) is 5.00. The lowest BCUT2D eigenvalue weighted by Gasteiger charge is -2.12. The molecule has 1 aromatic heterocycles. The van der Waals surface area contributed by atoms with Crippen LogP contribution in [0.25, 0.3) is 0 Å². The van der Waals surface area contributed by atoms with Crippen LogP contribution in [0.3, 0.4) is 0 Å². The molecule has 2 rings (SSSR count). The van der Waals surface area contributed by atoms with Crippen molar-refractivity contribution in [3.8, 4) is 6.07 Å². The maximum atomic E-state index is 8.68. The van der Waals surface area contributed by atoms with Gasteiger partial charge in [0.05, 0.1) is 17.8 Å². The maximum absolute atomic E-state index is 8.68. The van der Waals surface area contributed by atoms with Gasteiger partial charge in [0.1, 0.15) is 6.07 Å². The normalized spacial score (nSPS) is 22.4. The van der Waals surface area contributed by atoms with Crippen molar-refractivity contribution in [1.29, 1.82) is 5.26 Å². The first-order valence-electron chi connectivity index (χ1n) is 5.00. The smallest absolute Gasteiger partial charge is 0.102 e. The van der Waals surface area contributed by atoms with E-state index in [1.54, 1.807) is 6.20 Å². The molecule has 0 saturated carbocycles. The van der Waals surface area contributed by atoms with Crippen LogP contribution in [-0.4, -0.2) is 34.3 Å². The molecule has 0 N–H and O–H groups in total. The summed E-state index contributed by atoms with van der Waals surface area (Å²) in [5.41, 5.74) is 0.653. The monoisotopic (exact) mass is 190 g/mol. The Morgan fingerprint density at radius 3 is 3.14 bits per heavy atom. The molecule has 1 fully saturated rings. The van der Waals surface area contributed by atoms with Crippen molar-refractivity contribution in [2.45, 2.75) is 19.4 Å². The second-order valence-electron chi connectivity index (χ2n) is 3.66. The van der Waals surface area contributed by atoms with Gasteiger partial charge in [0.2, 0.25) is 0 Å². The molecule has 0 aliphatic carbocycles. The number of nitrogens with zero attached hydrogens (tertiary/aromatic N) is 4. The van der Waals surface area contributed by atoms with Gasteiger partial charge in [-0.15, -0.1) is 0 Å².